The number of fused-ring (bicyclic) bond motifs is 1. The van der Waals surface area contributed by atoms with E-state index in [1.54, 1.807) is 33.8 Å². The Labute approximate surface area is 215 Å². The van der Waals surface area contributed by atoms with E-state index in [2.05, 4.69) is 5.32 Å². The Bertz CT molecular complexity index is 1460. The zero-order chi connectivity index (χ0) is 26.3. The number of nitrogens with zero attached hydrogens (tertiary/aromatic N) is 3. The van der Waals surface area contributed by atoms with E-state index in [9.17, 15) is 14.0 Å². The number of hydrogen-bond acceptors (Lipinski definition) is 3. The maximum absolute atomic E-state index is 14.2. The Balaban J connectivity index is 1.71. The lowest BCUT2D eigenvalue weighted by atomic mass is 9.80. The molecule has 0 aliphatic carbocycles. The van der Waals surface area contributed by atoms with Crippen molar-refractivity contribution in [1.82, 2.24) is 15.1 Å². The minimum absolute atomic E-state index is 0.197. The highest BCUT2D eigenvalue weighted by atomic mass is 19.1. The molecule has 1 aromatic heterocycles. The molecule has 1 aliphatic rings. The molecule has 0 fully saturated rings. The molecule has 1 N–H and O–H groups in total. The first-order valence-corrected chi connectivity index (χ1v) is 12.4. The highest BCUT2D eigenvalue weighted by Gasteiger charge is 2.46. The number of carbonyl (C=O) groups is 2. The summed E-state index contributed by atoms with van der Waals surface area (Å²) in [5.74, 6) is -0.834. The first kappa shape index (κ1) is 24.4. The lowest BCUT2D eigenvalue weighted by molar-refractivity contribution is -0.121. The van der Waals surface area contributed by atoms with Crippen molar-refractivity contribution >= 4 is 17.6 Å². The summed E-state index contributed by atoms with van der Waals surface area (Å²) in [5, 5.41) is 7.86. The molecule has 3 aromatic carbocycles. The van der Waals surface area contributed by atoms with Crippen LogP contribution in [0, 0.1) is 19.7 Å². The van der Waals surface area contributed by atoms with Gasteiger partial charge in [0.25, 0.3) is 11.8 Å². The van der Waals surface area contributed by atoms with Gasteiger partial charge in [-0.2, -0.15) is 5.10 Å². The van der Waals surface area contributed by atoms with Crippen molar-refractivity contribution in [3.05, 3.63) is 113 Å². The van der Waals surface area contributed by atoms with E-state index in [0.29, 0.717) is 11.4 Å². The number of amides is 2. The van der Waals surface area contributed by atoms with E-state index in [0.717, 1.165) is 28.1 Å². The highest BCUT2D eigenvalue weighted by Crippen LogP contribution is 2.44. The molecule has 1 aliphatic heterocycles. The molecule has 188 valence electrons. The van der Waals surface area contributed by atoms with Gasteiger partial charge in [-0.1, -0.05) is 48.0 Å². The Morgan fingerprint density at radius 3 is 2.32 bits per heavy atom. The van der Waals surface area contributed by atoms with Gasteiger partial charge in [0.05, 0.1) is 11.4 Å². The van der Waals surface area contributed by atoms with Crippen LogP contribution in [0.3, 0.4) is 0 Å². The topological polar surface area (TPSA) is 67.2 Å². The molecule has 0 saturated heterocycles. The lowest BCUT2D eigenvalue weighted by Crippen LogP contribution is -2.57. The second kappa shape index (κ2) is 9.65. The van der Waals surface area contributed by atoms with Gasteiger partial charge in [-0.15, -0.1) is 0 Å². The third kappa shape index (κ3) is 4.42. The van der Waals surface area contributed by atoms with Crippen molar-refractivity contribution in [3.63, 3.8) is 0 Å². The van der Waals surface area contributed by atoms with Crippen LogP contribution < -0.4 is 10.2 Å². The molecule has 5 rings (SSSR count). The van der Waals surface area contributed by atoms with Gasteiger partial charge in [0.2, 0.25) is 0 Å². The van der Waals surface area contributed by atoms with Gasteiger partial charge in [0.15, 0.2) is 0 Å². The van der Waals surface area contributed by atoms with Crippen LogP contribution in [0.15, 0.2) is 78.9 Å². The van der Waals surface area contributed by atoms with Crippen LogP contribution in [0.4, 0.5) is 10.2 Å². The van der Waals surface area contributed by atoms with E-state index in [1.165, 1.54) is 12.1 Å². The van der Waals surface area contributed by atoms with Crippen molar-refractivity contribution in [2.45, 2.75) is 45.7 Å². The second-order valence-corrected chi connectivity index (χ2v) is 9.72. The molecule has 4 aromatic rings. The fraction of sp³-hybridized carbons (Fsp3) is 0.233. The van der Waals surface area contributed by atoms with Crippen molar-refractivity contribution in [1.29, 1.82) is 0 Å². The predicted molar refractivity (Wildman–Crippen MR) is 142 cm³/mol. The fourth-order valence-electron chi connectivity index (χ4n) is 5.12. The monoisotopic (exact) mass is 496 g/mol. The SMILES string of the molecule is Cc1cccc(C(=O)N[C@@H]2C(=O)N(C(C)C)c3c(c(C)nn3-c3ccccc3)[C@@H]2c2ccc(F)cc2)c1. The summed E-state index contributed by atoms with van der Waals surface area (Å²) < 4.78 is 15.7. The van der Waals surface area contributed by atoms with E-state index in [4.69, 9.17) is 5.10 Å². The van der Waals surface area contributed by atoms with Crippen molar-refractivity contribution in [2.75, 3.05) is 4.90 Å². The third-order valence-electron chi connectivity index (χ3n) is 6.77. The number of halogens is 1. The largest absolute Gasteiger partial charge is 0.339 e. The predicted octanol–water partition coefficient (Wildman–Crippen LogP) is 5.31. The molecule has 0 saturated carbocycles. The molecule has 2 atom stereocenters. The number of carbonyl (C=O) groups excluding carboxylic acids is 2. The highest BCUT2D eigenvalue weighted by molar-refractivity contribution is 6.05. The number of hydrogen-bond donors (Lipinski definition) is 1. The van der Waals surface area contributed by atoms with Gasteiger partial charge in [-0.25, -0.2) is 9.07 Å². The summed E-state index contributed by atoms with van der Waals surface area (Å²) in [4.78, 5) is 29.3. The van der Waals surface area contributed by atoms with Gasteiger partial charge < -0.3 is 5.32 Å². The minimum Gasteiger partial charge on any atom is -0.339 e. The quantitative estimate of drug-likeness (QED) is 0.407. The summed E-state index contributed by atoms with van der Waals surface area (Å²) in [6.07, 6.45) is 0. The average molecular weight is 497 g/mol. The second-order valence-electron chi connectivity index (χ2n) is 9.72. The van der Waals surface area contributed by atoms with E-state index >= 15 is 0 Å². The van der Waals surface area contributed by atoms with Crippen LogP contribution in [0.5, 0.6) is 0 Å². The number of nitrogens with one attached hydrogen (secondary N) is 1. The number of aromatic nitrogens is 2. The number of benzene rings is 3. The van der Waals surface area contributed by atoms with E-state index < -0.39 is 12.0 Å². The summed E-state index contributed by atoms with van der Waals surface area (Å²) in [6, 6.07) is 21.9. The van der Waals surface area contributed by atoms with Gasteiger partial charge in [-0.05, 0) is 69.7 Å². The molecule has 0 radical (unpaired) electrons. The normalized spacial score (nSPS) is 17.1. The number of rotatable bonds is 5. The lowest BCUT2D eigenvalue weighted by Gasteiger charge is -2.40. The first-order chi connectivity index (χ1) is 17.8. The third-order valence-corrected chi connectivity index (χ3v) is 6.77. The summed E-state index contributed by atoms with van der Waals surface area (Å²) in [6.45, 7) is 7.70. The zero-order valence-electron chi connectivity index (χ0n) is 21.3. The molecule has 2 heterocycles. The number of aryl methyl sites for hydroxylation is 2. The molecule has 0 spiro atoms. The maximum Gasteiger partial charge on any atom is 0.251 e. The average Bonchev–Trinajstić information content (AvgIpc) is 3.21. The number of para-hydroxylation sites is 1. The van der Waals surface area contributed by atoms with E-state index in [-0.39, 0.29) is 23.7 Å². The van der Waals surface area contributed by atoms with Crippen LogP contribution >= 0.6 is 0 Å². The first-order valence-electron chi connectivity index (χ1n) is 12.4. The standard InChI is InChI=1S/C30H29FN4O2/c1-18(2)34-29-25(20(4)33-35(29)24-11-6-5-7-12-24)26(21-13-15-23(31)16-14-21)27(30(34)37)32-28(36)22-10-8-9-19(3)17-22/h5-18,26-27H,1-4H3,(H,32,36)/t26-,27-/m0/s1. The molecule has 0 unspecified atom stereocenters. The Hall–Kier alpha value is -4.26. The van der Waals surface area contributed by atoms with Crippen LogP contribution in [0.25, 0.3) is 5.69 Å². The molecule has 37 heavy (non-hydrogen) atoms. The van der Waals surface area contributed by atoms with Gasteiger partial charge in [0, 0.05) is 23.1 Å². The van der Waals surface area contributed by atoms with Crippen molar-refractivity contribution < 1.29 is 14.0 Å². The Morgan fingerprint density at radius 1 is 0.973 bits per heavy atom. The summed E-state index contributed by atoms with van der Waals surface area (Å²) in [5.41, 5.74) is 4.54. The molecule has 0 bridgehead atoms. The molecule has 6 nitrogen and oxygen atoms in total. The molecule has 7 heteroatoms. The zero-order valence-corrected chi connectivity index (χ0v) is 21.3. The fourth-order valence-corrected chi connectivity index (χ4v) is 5.12. The maximum atomic E-state index is 14.2. The van der Waals surface area contributed by atoms with Crippen molar-refractivity contribution in [3.8, 4) is 5.69 Å². The summed E-state index contributed by atoms with van der Waals surface area (Å²) >= 11 is 0. The Kier molecular flexibility index (Phi) is 6.38. The van der Waals surface area contributed by atoms with Crippen LogP contribution in [-0.4, -0.2) is 33.7 Å². The van der Waals surface area contributed by atoms with Crippen LogP contribution in [0.1, 0.15) is 52.5 Å². The smallest absolute Gasteiger partial charge is 0.251 e. The molecular formula is C30H29FN4O2. The molecular weight excluding hydrogens is 467 g/mol. The van der Waals surface area contributed by atoms with Crippen LogP contribution in [-0.2, 0) is 4.79 Å². The Morgan fingerprint density at radius 2 is 1.68 bits per heavy atom. The molecule has 2 amide bonds. The van der Waals surface area contributed by atoms with E-state index in [1.807, 2.05) is 70.2 Å². The van der Waals surface area contributed by atoms with Crippen LogP contribution in [0.2, 0.25) is 0 Å². The minimum atomic E-state index is -0.902. The van der Waals surface area contributed by atoms with Gasteiger partial charge in [-0.3, -0.25) is 14.5 Å². The van der Waals surface area contributed by atoms with Crippen molar-refractivity contribution in [2.24, 2.45) is 0 Å². The van der Waals surface area contributed by atoms with Gasteiger partial charge in [0.1, 0.15) is 17.7 Å². The number of anilines is 1. The summed E-state index contributed by atoms with van der Waals surface area (Å²) in [7, 11) is 0. The van der Waals surface area contributed by atoms with Gasteiger partial charge >= 0.3 is 0 Å².